The number of fused-ring (bicyclic) bond motifs is 1. The van der Waals surface area contributed by atoms with Gasteiger partial charge in [-0.3, -0.25) is 4.79 Å². The first-order valence-electron chi connectivity index (χ1n) is 8.96. The Hall–Kier alpha value is -3.08. The highest BCUT2D eigenvalue weighted by molar-refractivity contribution is 5.98. The zero-order valence-electron chi connectivity index (χ0n) is 15.3. The third kappa shape index (κ3) is 4.37. The number of rotatable bonds is 7. The first-order valence-corrected chi connectivity index (χ1v) is 8.96. The summed E-state index contributed by atoms with van der Waals surface area (Å²) in [4.78, 5) is 12.7. The van der Waals surface area contributed by atoms with Crippen molar-refractivity contribution in [2.24, 2.45) is 0 Å². The van der Waals surface area contributed by atoms with E-state index in [9.17, 15) is 9.18 Å². The molecule has 4 nitrogen and oxygen atoms in total. The quantitative estimate of drug-likeness (QED) is 0.729. The number of halogens is 1. The van der Waals surface area contributed by atoms with Gasteiger partial charge in [0.1, 0.15) is 11.6 Å². The molecule has 0 saturated heterocycles. The number of ether oxygens (including phenoxy) is 2. The number of carbonyl (C=O) groups is 1. The van der Waals surface area contributed by atoms with E-state index in [4.69, 9.17) is 9.47 Å². The van der Waals surface area contributed by atoms with Gasteiger partial charge in [0.2, 0.25) is 5.76 Å². The van der Waals surface area contributed by atoms with Crippen molar-refractivity contribution >= 4 is 11.5 Å². The predicted octanol–water partition coefficient (Wildman–Crippen LogP) is 4.58. The van der Waals surface area contributed by atoms with Crippen LogP contribution >= 0.6 is 0 Å². The van der Waals surface area contributed by atoms with Crippen molar-refractivity contribution < 1.29 is 18.7 Å². The van der Waals surface area contributed by atoms with Crippen LogP contribution in [0.5, 0.6) is 5.75 Å². The third-order valence-electron chi connectivity index (χ3n) is 4.22. The summed E-state index contributed by atoms with van der Waals surface area (Å²) in [5.41, 5.74) is 2.22. The van der Waals surface area contributed by atoms with Gasteiger partial charge in [-0.05, 0) is 30.2 Å². The van der Waals surface area contributed by atoms with Crippen LogP contribution < -0.4 is 10.1 Å². The summed E-state index contributed by atoms with van der Waals surface area (Å²) in [6.07, 6.45) is 1.84. The number of nitrogens with one attached hydrogen (secondary N) is 1. The van der Waals surface area contributed by atoms with Gasteiger partial charge in [-0.25, -0.2) is 4.39 Å². The highest BCUT2D eigenvalue weighted by Crippen LogP contribution is 2.37. The summed E-state index contributed by atoms with van der Waals surface area (Å²) >= 11 is 0. The van der Waals surface area contributed by atoms with Gasteiger partial charge < -0.3 is 14.8 Å². The van der Waals surface area contributed by atoms with Gasteiger partial charge >= 0.3 is 0 Å². The van der Waals surface area contributed by atoms with Crippen molar-refractivity contribution in [2.75, 3.05) is 6.61 Å². The number of amides is 1. The van der Waals surface area contributed by atoms with Crippen LogP contribution in [0.4, 0.5) is 4.39 Å². The average molecular weight is 367 g/mol. The summed E-state index contributed by atoms with van der Waals surface area (Å²) < 4.78 is 24.7. The number of carbonyl (C=O) groups excluding carboxylic acids is 1. The molecule has 0 saturated carbocycles. The summed E-state index contributed by atoms with van der Waals surface area (Å²) in [5.74, 6) is 0.303. The molecule has 1 N–H and O–H groups in total. The first kappa shape index (κ1) is 18.7. The van der Waals surface area contributed by atoms with E-state index in [0.717, 1.165) is 24.0 Å². The Morgan fingerprint density at radius 2 is 1.93 bits per heavy atom. The lowest BCUT2D eigenvalue weighted by molar-refractivity contribution is -0.120. The number of hydrogen-bond acceptors (Lipinski definition) is 3. The Bertz CT molecular complexity index is 871. The van der Waals surface area contributed by atoms with Crippen LogP contribution in [-0.2, 0) is 16.1 Å². The molecular formula is C22H22FNO3. The van der Waals surface area contributed by atoms with Gasteiger partial charge in [0.15, 0.2) is 5.76 Å². The van der Waals surface area contributed by atoms with Crippen molar-refractivity contribution in [3.63, 3.8) is 0 Å². The minimum Gasteiger partial charge on any atom is -0.489 e. The second kappa shape index (κ2) is 8.54. The van der Waals surface area contributed by atoms with Gasteiger partial charge in [0, 0.05) is 17.7 Å². The fourth-order valence-corrected chi connectivity index (χ4v) is 2.71. The molecule has 0 aliphatic carbocycles. The van der Waals surface area contributed by atoms with Crippen LogP contribution in [0.2, 0.25) is 0 Å². The molecule has 3 rings (SSSR count). The molecule has 0 fully saturated rings. The zero-order valence-corrected chi connectivity index (χ0v) is 15.3. The molecule has 0 aromatic heterocycles. The standard InChI is InChI=1S/C22H22FNO3/c1-3-4-13-26-20-15(2)18-7-5-6-8-19(18)27-21(20)22(25)24-14-16-9-11-17(23)12-10-16/h5-12H,2-4,13-14H2,1H3,(H,24,25). The van der Waals surface area contributed by atoms with Gasteiger partial charge in [0.25, 0.3) is 5.91 Å². The van der Waals surface area contributed by atoms with E-state index in [-0.39, 0.29) is 18.1 Å². The van der Waals surface area contributed by atoms with Crippen LogP contribution in [0, 0.1) is 5.82 Å². The molecule has 1 aliphatic heterocycles. The Morgan fingerprint density at radius 3 is 2.67 bits per heavy atom. The van der Waals surface area contributed by atoms with Crippen LogP contribution in [0.15, 0.2) is 66.6 Å². The molecule has 0 spiro atoms. The molecule has 1 amide bonds. The number of unbranched alkanes of at least 4 members (excludes halogenated alkanes) is 1. The maximum Gasteiger partial charge on any atom is 0.291 e. The molecule has 140 valence electrons. The van der Waals surface area contributed by atoms with Crippen molar-refractivity contribution in [3.05, 3.63) is 83.6 Å². The summed E-state index contributed by atoms with van der Waals surface area (Å²) in [5, 5.41) is 2.79. The minimum absolute atomic E-state index is 0.0944. The molecule has 5 heteroatoms. The number of para-hydroxylation sites is 1. The van der Waals surface area contributed by atoms with Gasteiger partial charge in [-0.2, -0.15) is 0 Å². The van der Waals surface area contributed by atoms with Crippen molar-refractivity contribution in [1.29, 1.82) is 0 Å². The summed E-state index contributed by atoms with van der Waals surface area (Å²) in [7, 11) is 0. The Balaban J connectivity index is 1.81. The fourth-order valence-electron chi connectivity index (χ4n) is 2.71. The van der Waals surface area contributed by atoms with Crippen molar-refractivity contribution in [2.45, 2.75) is 26.3 Å². The Kier molecular flexibility index (Phi) is 5.91. The average Bonchev–Trinajstić information content (AvgIpc) is 2.69. The second-order valence-electron chi connectivity index (χ2n) is 6.25. The van der Waals surface area contributed by atoms with Crippen molar-refractivity contribution in [1.82, 2.24) is 5.32 Å². The topological polar surface area (TPSA) is 47.6 Å². The maximum atomic E-state index is 13.0. The monoisotopic (exact) mass is 367 g/mol. The zero-order chi connectivity index (χ0) is 19.2. The molecule has 27 heavy (non-hydrogen) atoms. The maximum absolute atomic E-state index is 13.0. The molecule has 2 aromatic carbocycles. The van der Waals surface area contributed by atoms with E-state index in [1.54, 1.807) is 18.2 Å². The molecule has 0 radical (unpaired) electrons. The first-order chi connectivity index (χ1) is 13.1. The van der Waals surface area contributed by atoms with Crippen LogP contribution in [0.1, 0.15) is 30.9 Å². The van der Waals surface area contributed by atoms with Gasteiger partial charge in [-0.1, -0.05) is 50.3 Å². The van der Waals surface area contributed by atoms with E-state index in [0.29, 0.717) is 23.7 Å². The van der Waals surface area contributed by atoms with E-state index < -0.39 is 5.91 Å². The summed E-state index contributed by atoms with van der Waals surface area (Å²) in [6, 6.07) is 13.4. The number of hydrogen-bond donors (Lipinski definition) is 1. The van der Waals surface area contributed by atoms with Crippen LogP contribution in [0.3, 0.4) is 0 Å². The highest BCUT2D eigenvalue weighted by Gasteiger charge is 2.29. The Morgan fingerprint density at radius 1 is 1.19 bits per heavy atom. The molecule has 1 aliphatic rings. The summed E-state index contributed by atoms with van der Waals surface area (Å²) in [6.45, 7) is 6.89. The van der Waals surface area contributed by atoms with Crippen LogP contribution in [0.25, 0.3) is 5.57 Å². The SMILES string of the molecule is C=C1C(OCCCC)=C(C(=O)NCc2ccc(F)cc2)Oc2ccccc21. The molecule has 1 heterocycles. The van der Waals surface area contributed by atoms with Crippen LogP contribution in [-0.4, -0.2) is 12.5 Å². The van der Waals surface area contributed by atoms with Crippen molar-refractivity contribution in [3.8, 4) is 5.75 Å². The fraction of sp³-hybridized carbons (Fsp3) is 0.227. The second-order valence-corrected chi connectivity index (χ2v) is 6.25. The molecule has 2 aromatic rings. The lowest BCUT2D eigenvalue weighted by Gasteiger charge is -2.24. The predicted molar refractivity (Wildman–Crippen MR) is 102 cm³/mol. The van der Waals surface area contributed by atoms with E-state index >= 15 is 0 Å². The number of benzene rings is 2. The third-order valence-corrected chi connectivity index (χ3v) is 4.22. The largest absolute Gasteiger partial charge is 0.489 e. The van der Waals surface area contributed by atoms with Gasteiger partial charge in [-0.15, -0.1) is 0 Å². The van der Waals surface area contributed by atoms with E-state index in [2.05, 4.69) is 18.8 Å². The van der Waals surface area contributed by atoms with Gasteiger partial charge in [0.05, 0.1) is 6.61 Å². The lowest BCUT2D eigenvalue weighted by Crippen LogP contribution is -2.30. The number of allylic oxidation sites excluding steroid dienone is 1. The molecule has 0 unspecified atom stereocenters. The molecule has 0 atom stereocenters. The molecular weight excluding hydrogens is 345 g/mol. The highest BCUT2D eigenvalue weighted by atomic mass is 19.1. The van der Waals surface area contributed by atoms with E-state index in [1.165, 1.54) is 12.1 Å². The Labute approximate surface area is 158 Å². The smallest absolute Gasteiger partial charge is 0.291 e. The lowest BCUT2D eigenvalue weighted by atomic mass is 10.0. The van der Waals surface area contributed by atoms with E-state index in [1.807, 2.05) is 18.2 Å². The minimum atomic E-state index is -0.401. The normalized spacial score (nSPS) is 13.0. The molecule has 0 bridgehead atoms.